The number of amides is 1. The lowest BCUT2D eigenvalue weighted by molar-refractivity contribution is -0.126. The summed E-state index contributed by atoms with van der Waals surface area (Å²) in [6.45, 7) is 0.458. The van der Waals surface area contributed by atoms with Crippen LogP contribution in [0.25, 0.3) is 5.69 Å². The summed E-state index contributed by atoms with van der Waals surface area (Å²) in [5.74, 6) is 0.352. The number of hydrogen-bond acceptors (Lipinski definition) is 4. The number of carbonyl (C=O) groups is 1. The Balaban J connectivity index is 1.54. The van der Waals surface area contributed by atoms with E-state index in [0.717, 1.165) is 24.2 Å². The maximum atomic E-state index is 12.0. The van der Waals surface area contributed by atoms with Gasteiger partial charge in [0.15, 0.2) is 0 Å². The molecule has 1 fully saturated rings. The Kier molecular flexibility index (Phi) is 4.11. The van der Waals surface area contributed by atoms with Gasteiger partial charge in [-0.15, -0.1) is 5.10 Å². The summed E-state index contributed by atoms with van der Waals surface area (Å²) in [6, 6.07) is 1.99. The number of carbonyl (C=O) groups excluding carboxylic acids is 1. The van der Waals surface area contributed by atoms with Crippen LogP contribution in [0.5, 0.6) is 0 Å². The molecule has 0 radical (unpaired) electrons. The van der Waals surface area contributed by atoms with E-state index >= 15 is 0 Å². The van der Waals surface area contributed by atoms with Crippen molar-refractivity contribution in [1.82, 2.24) is 20.3 Å². The second kappa shape index (κ2) is 6.17. The Morgan fingerprint density at radius 2 is 2.25 bits per heavy atom. The Bertz CT molecular complexity index is 558. The first-order valence-electron chi connectivity index (χ1n) is 7.04. The van der Waals surface area contributed by atoms with Gasteiger partial charge in [-0.3, -0.25) is 4.79 Å². The van der Waals surface area contributed by atoms with Gasteiger partial charge in [0.25, 0.3) is 0 Å². The molecular weight excluding hydrogens is 272 g/mol. The maximum absolute atomic E-state index is 12.0. The van der Waals surface area contributed by atoms with Crippen molar-refractivity contribution in [3.63, 3.8) is 0 Å². The van der Waals surface area contributed by atoms with Crippen molar-refractivity contribution in [2.45, 2.75) is 38.6 Å². The van der Waals surface area contributed by atoms with E-state index in [9.17, 15) is 4.79 Å². The van der Waals surface area contributed by atoms with Crippen LogP contribution in [0, 0.1) is 5.92 Å². The van der Waals surface area contributed by atoms with Crippen molar-refractivity contribution in [3.05, 3.63) is 28.7 Å². The highest BCUT2D eigenvalue weighted by Crippen LogP contribution is 2.23. The molecule has 1 N–H and O–H groups in total. The molecule has 106 valence electrons. The van der Waals surface area contributed by atoms with E-state index in [0.29, 0.717) is 6.54 Å². The SMILES string of the molecule is O=C(NCc1cn(-c2ccsc2)nn1)C1CCCCC1. The average molecular weight is 290 g/mol. The van der Waals surface area contributed by atoms with Crippen LogP contribution in [0.3, 0.4) is 0 Å². The summed E-state index contributed by atoms with van der Waals surface area (Å²) in [4.78, 5) is 12.0. The van der Waals surface area contributed by atoms with Gasteiger partial charge in [0.2, 0.25) is 5.91 Å². The van der Waals surface area contributed by atoms with E-state index in [1.807, 2.05) is 23.0 Å². The predicted molar refractivity (Wildman–Crippen MR) is 77.7 cm³/mol. The lowest BCUT2D eigenvalue weighted by Gasteiger charge is -2.20. The fraction of sp³-hybridized carbons (Fsp3) is 0.500. The third-order valence-corrected chi connectivity index (χ3v) is 4.40. The monoisotopic (exact) mass is 290 g/mol. The Labute approximate surface area is 122 Å². The van der Waals surface area contributed by atoms with Crippen LogP contribution in [0.1, 0.15) is 37.8 Å². The molecule has 0 aliphatic heterocycles. The minimum Gasteiger partial charge on any atom is -0.350 e. The van der Waals surface area contributed by atoms with Crippen molar-refractivity contribution in [2.75, 3.05) is 0 Å². The van der Waals surface area contributed by atoms with Gasteiger partial charge in [-0.05, 0) is 24.3 Å². The Morgan fingerprint density at radius 1 is 1.40 bits per heavy atom. The predicted octanol–water partition coefficient (Wildman–Crippen LogP) is 2.53. The highest BCUT2D eigenvalue weighted by Gasteiger charge is 2.20. The molecule has 0 spiro atoms. The minimum atomic E-state index is 0.162. The molecule has 2 aromatic heterocycles. The van der Waals surface area contributed by atoms with Gasteiger partial charge in [0.1, 0.15) is 5.69 Å². The number of hydrogen-bond donors (Lipinski definition) is 1. The van der Waals surface area contributed by atoms with Gasteiger partial charge in [-0.1, -0.05) is 24.5 Å². The molecule has 0 unspecified atom stereocenters. The summed E-state index contributed by atoms with van der Waals surface area (Å²) >= 11 is 1.62. The summed E-state index contributed by atoms with van der Waals surface area (Å²) < 4.78 is 1.73. The zero-order chi connectivity index (χ0) is 13.8. The minimum absolute atomic E-state index is 0.162. The second-order valence-electron chi connectivity index (χ2n) is 5.19. The second-order valence-corrected chi connectivity index (χ2v) is 5.97. The van der Waals surface area contributed by atoms with Gasteiger partial charge in [-0.2, -0.15) is 11.3 Å². The van der Waals surface area contributed by atoms with Crippen molar-refractivity contribution in [1.29, 1.82) is 0 Å². The molecule has 0 saturated heterocycles. The zero-order valence-corrected chi connectivity index (χ0v) is 12.1. The number of aromatic nitrogens is 3. The molecular formula is C14H18N4OS. The molecule has 0 bridgehead atoms. The van der Waals surface area contributed by atoms with Gasteiger partial charge >= 0.3 is 0 Å². The molecule has 2 heterocycles. The molecule has 20 heavy (non-hydrogen) atoms. The molecule has 1 saturated carbocycles. The van der Waals surface area contributed by atoms with Crippen LogP contribution in [0.4, 0.5) is 0 Å². The zero-order valence-electron chi connectivity index (χ0n) is 11.3. The van der Waals surface area contributed by atoms with E-state index in [1.165, 1.54) is 19.3 Å². The smallest absolute Gasteiger partial charge is 0.223 e. The summed E-state index contributed by atoms with van der Waals surface area (Å²) in [5, 5.41) is 15.2. The normalized spacial score (nSPS) is 16.2. The first kappa shape index (κ1) is 13.3. The molecule has 1 aliphatic carbocycles. The summed E-state index contributed by atoms with van der Waals surface area (Å²) in [7, 11) is 0. The Morgan fingerprint density at radius 3 is 3.00 bits per heavy atom. The van der Waals surface area contributed by atoms with Gasteiger partial charge in [0, 0.05) is 11.3 Å². The van der Waals surface area contributed by atoms with Crippen LogP contribution in [0.15, 0.2) is 23.0 Å². The Hall–Kier alpha value is -1.69. The molecule has 0 aromatic carbocycles. The molecule has 0 atom stereocenters. The standard InChI is InChI=1S/C14H18N4OS/c19-14(11-4-2-1-3-5-11)15-8-12-9-18(17-16-12)13-6-7-20-10-13/h6-7,9-11H,1-5,8H2,(H,15,19). The topological polar surface area (TPSA) is 59.8 Å². The fourth-order valence-corrected chi connectivity index (χ4v) is 3.20. The summed E-state index contributed by atoms with van der Waals surface area (Å²) in [6.07, 6.45) is 7.52. The van der Waals surface area contributed by atoms with Gasteiger partial charge in [0.05, 0.1) is 18.4 Å². The first-order valence-corrected chi connectivity index (χ1v) is 7.99. The lowest BCUT2D eigenvalue weighted by Crippen LogP contribution is -2.31. The van der Waals surface area contributed by atoms with E-state index in [1.54, 1.807) is 16.0 Å². The number of rotatable bonds is 4. The quantitative estimate of drug-likeness (QED) is 0.941. The third kappa shape index (κ3) is 3.07. The molecule has 1 amide bonds. The van der Waals surface area contributed by atoms with E-state index in [-0.39, 0.29) is 11.8 Å². The van der Waals surface area contributed by atoms with Crippen LogP contribution in [-0.2, 0) is 11.3 Å². The fourth-order valence-electron chi connectivity index (χ4n) is 2.58. The average Bonchev–Trinajstić information content (AvgIpc) is 3.16. The molecule has 2 aromatic rings. The molecule has 3 rings (SSSR count). The number of nitrogens with zero attached hydrogens (tertiary/aromatic N) is 3. The first-order chi connectivity index (χ1) is 9.83. The van der Waals surface area contributed by atoms with Crippen LogP contribution in [-0.4, -0.2) is 20.9 Å². The largest absolute Gasteiger partial charge is 0.350 e. The van der Waals surface area contributed by atoms with E-state index < -0.39 is 0 Å². The van der Waals surface area contributed by atoms with E-state index in [4.69, 9.17) is 0 Å². The highest BCUT2D eigenvalue weighted by molar-refractivity contribution is 7.08. The number of nitrogens with one attached hydrogen (secondary N) is 1. The van der Waals surface area contributed by atoms with Crippen molar-refractivity contribution in [3.8, 4) is 5.69 Å². The lowest BCUT2D eigenvalue weighted by atomic mass is 9.89. The summed E-state index contributed by atoms with van der Waals surface area (Å²) in [5.41, 5.74) is 1.80. The molecule has 1 aliphatic rings. The van der Waals surface area contributed by atoms with Crippen molar-refractivity contribution >= 4 is 17.2 Å². The van der Waals surface area contributed by atoms with Gasteiger partial charge < -0.3 is 5.32 Å². The third-order valence-electron chi connectivity index (χ3n) is 3.73. The number of thiophene rings is 1. The molecule has 5 nitrogen and oxygen atoms in total. The van der Waals surface area contributed by atoms with Crippen molar-refractivity contribution < 1.29 is 4.79 Å². The van der Waals surface area contributed by atoms with Crippen LogP contribution in [0.2, 0.25) is 0 Å². The van der Waals surface area contributed by atoms with Gasteiger partial charge in [-0.25, -0.2) is 4.68 Å². The molecule has 6 heteroatoms. The van der Waals surface area contributed by atoms with E-state index in [2.05, 4.69) is 15.6 Å². The van der Waals surface area contributed by atoms with Crippen molar-refractivity contribution in [2.24, 2.45) is 5.92 Å². The van der Waals surface area contributed by atoms with Crippen LogP contribution >= 0.6 is 11.3 Å². The highest BCUT2D eigenvalue weighted by atomic mass is 32.1. The maximum Gasteiger partial charge on any atom is 0.223 e. The van der Waals surface area contributed by atoms with Crippen LogP contribution < -0.4 is 5.32 Å².